The number of esters is 1. The van der Waals surface area contributed by atoms with Crippen LogP contribution in [0.1, 0.15) is 30.7 Å². The number of benzene rings is 2. The first kappa shape index (κ1) is 20.5. The lowest BCUT2D eigenvalue weighted by molar-refractivity contribution is -0.139. The van der Waals surface area contributed by atoms with Gasteiger partial charge in [-0.15, -0.1) is 11.3 Å². The van der Waals surface area contributed by atoms with Gasteiger partial charge in [-0.3, -0.25) is 9.69 Å². The maximum absolute atomic E-state index is 12.2. The fourth-order valence-corrected chi connectivity index (χ4v) is 3.57. The Morgan fingerprint density at radius 2 is 1.83 bits per heavy atom. The van der Waals surface area contributed by atoms with Crippen LogP contribution in [0.4, 0.5) is 10.8 Å². The summed E-state index contributed by atoms with van der Waals surface area (Å²) in [5.41, 5.74) is 3.49. The highest BCUT2D eigenvalue weighted by atomic mass is 32.1. The quantitative estimate of drug-likeness (QED) is 0.402. The molecule has 148 valence electrons. The van der Waals surface area contributed by atoms with Crippen molar-refractivity contribution in [3.05, 3.63) is 82.9 Å². The molecule has 0 aliphatic heterocycles. The van der Waals surface area contributed by atoms with Crippen LogP contribution in [-0.2, 0) is 27.4 Å². The molecule has 0 N–H and O–H groups in total. The van der Waals surface area contributed by atoms with Crippen molar-refractivity contribution in [1.82, 2.24) is 4.98 Å². The molecule has 0 aliphatic carbocycles. The molecule has 1 heterocycles. The van der Waals surface area contributed by atoms with Gasteiger partial charge in [0.1, 0.15) is 6.61 Å². The Bertz CT molecular complexity index is 994. The summed E-state index contributed by atoms with van der Waals surface area (Å²) in [7, 11) is 0. The lowest BCUT2D eigenvalue weighted by atomic mass is 10.1. The predicted molar refractivity (Wildman–Crippen MR) is 116 cm³/mol. The van der Waals surface area contributed by atoms with Crippen molar-refractivity contribution in [3.63, 3.8) is 0 Å². The molecule has 0 saturated carbocycles. The maximum Gasteiger partial charge on any atom is 0.331 e. The van der Waals surface area contributed by atoms with Gasteiger partial charge in [0.2, 0.25) is 5.91 Å². The van der Waals surface area contributed by atoms with E-state index in [1.54, 1.807) is 16.4 Å². The van der Waals surface area contributed by atoms with E-state index in [2.05, 4.69) is 11.9 Å². The number of hydrogen-bond donors (Lipinski definition) is 0. The number of rotatable bonds is 7. The molecule has 3 rings (SSSR count). The van der Waals surface area contributed by atoms with Gasteiger partial charge in [-0.2, -0.15) is 0 Å². The number of carbonyl (C=O) groups excluding carboxylic acids is 2. The summed E-state index contributed by atoms with van der Waals surface area (Å²) in [6.45, 7) is 3.64. The van der Waals surface area contributed by atoms with Crippen LogP contribution in [0.2, 0.25) is 0 Å². The van der Waals surface area contributed by atoms with Crippen molar-refractivity contribution in [2.24, 2.45) is 0 Å². The molecule has 2 aromatic carbocycles. The van der Waals surface area contributed by atoms with E-state index in [0.717, 1.165) is 17.7 Å². The Hall–Kier alpha value is -3.25. The standard InChI is InChI=1S/C23H22N2O3S/c1-3-18-9-12-21(13-10-18)25(17(2)26)23-24-20(16-29-23)15-28-22(27)14-11-19-7-5-4-6-8-19/h4-14,16H,3,15H2,1-2H3/b14-11+. The number of aromatic nitrogens is 1. The van der Waals surface area contributed by atoms with Crippen molar-refractivity contribution in [2.45, 2.75) is 26.9 Å². The number of thiazole rings is 1. The fourth-order valence-electron chi connectivity index (χ4n) is 2.69. The molecule has 29 heavy (non-hydrogen) atoms. The summed E-state index contributed by atoms with van der Waals surface area (Å²) in [5.74, 6) is -0.570. The van der Waals surface area contributed by atoms with Gasteiger partial charge in [-0.25, -0.2) is 9.78 Å². The highest BCUT2D eigenvalue weighted by Crippen LogP contribution is 2.29. The minimum Gasteiger partial charge on any atom is -0.456 e. The molecule has 0 unspecified atom stereocenters. The second-order valence-corrected chi connectivity index (χ2v) is 7.18. The monoisotopic (exact) mass is 406 g/mol. The van der Waals surface area contributed by atoms with Gasteiger partial charge in [-0.05, 0) is 35.8 Å². The summed E-state index contributed by atoms with van der Waals surface area (Å²) in [6, 6.07) is 17.3. The first-order chi connectivity index (χ1) is 14.1. The summed E-state index contributed by atoms with van der Waals surface area (Å²) < 4.78 is 5.25. The number of hydrogen-bond acceptors (Lipinski definition) is 5. The summed E-state index contributed by atoms with van der Waals surface area (Å²) in [4.78, 5) is 30.1. The van der Waals surface area contributed by atoms with E-state index < -0.39 is 5.97 Å². The van der Waals surface area contributed by atoms with Crippen molar-refractivity contribution >= 4 is 40.1 Å². The summed E-state index contributed by atoms with van der Waals surface area (Å²) in [6.07, 6.45) is 4.03. The number of amides is 1. The van der Waals surface area contributed by atoms with Gasteiger partial charge >= 0.3 is 5.97 Å². The Morgan fingerprint density at radius 1 is 1.10 bits per heavy atom. The molecule has 6 heteroatoms. The van der Waals surface area contributed by atoms with E-state index in [-0.39, 0.29) is 12.5 Å². The lowest BCUT2D eigenvalue weighted by Gasteiger charge is -2.18. The topological polar surface area (TPSA) is 59.5 Å². The van der Waals surface area contributed by atoms with Gasteiger partial charge in [0.15, 0.2) is 5.13 Å². The van der Waals surface area contributed by atoms with Crippen LogP contribution in [0.5, 0.6) is 0 Å². The Kier molecular flexibility index (Phi) is 6.92. The molecule has 0 aliphatic rings. The summed E-state index contributed by atoms with van der Waals surface area (Å²) >= 11 is 1.34. The van der Waals surface area contributed by atoms with E-state index in [1.165, 1.54) is 29.9 Å². The van der Waals surface area contributed by atoms with E-state index in [9.17, 15) is 9.59 Å². The van der Waals surface area contributed by atoms with Gasteiger partial charge in [-0.1, -0.05) is 49.4 Å². The molecule has 5 nitrogen and oxygen atoms in total. The predicted octanol–water partition coefficient (Wildman–Crippen LogP) is 5.15. The SMILES string of the molecule is CCc1ccc(N(C(C)=O)c2nc(COC(=O)/C=C/c3ccccc3)cs2)cc1. The average molecular weight is 407 g/mol. The van der Waals surface area contributed by atoms with E-state index >= 15 is 0 Å². The molecule has 1 amide bonds. The van der Waals surface area contributed by atoms with Crippen molar-refractivity contribution < 1.29 is 14.3 Å². The second kappa shape index (κ2) is 9.80. The Balaban J connectivity index is 1.64. The zero-order valence-corrected chi connectivity index (χ0v) is 17.2. The number of ether oxygens (including phenoxy) is 1. The summed E-state index contributed by atoms with van der Waals surface area (Å²) in [5, 5.41) is 2.34. The highest BCUT2D eigenvalue weighted by molar-refractivity contribution is 7.14. The van der Waals surface area contributed by atoms with Crippen molar-refractivity contribution in [3.8, 4) is 0 Å². The van der Waals surface area contributed by atoms with E-state index in [4.69, 9.17) is 4.74 Å². The number of anilines is 2. The van der Waals surface area contributed by atoms with Crippen LogP contribution in [0, 0.1) is 0 Å². The normalized spacial score (nSPS) is 10.8. The van der Waals surface area contributed by atoms with Crippen LogP contribution < -0.4 is 4.90 Å². The number of nitrogens with zero attached hydrogens (tertiary/aromatic N) is 2. The smallest absolute Gasteiger partial charge is 0.331 e. The van der Waals surface area contributed by atoms with Crippen LogP contribution in [0.25, 0.3) is 6.08 Å². The highest BCUT2D eigenvalue weighted by Gasteiger charge is 2.18. The average Bonchev–Trinajstić information content (AvgIpc) is 3.20. The molecule has 0 bridgehead atoms. The molecule has 0 fully saturated rings. The first-order valence-electron chi connectivity index (χ1n) is 9.30. The third kappa shape index (κ3) is 5.62. The molecule has 0 radical (unpaired) electrons. The Labute approximate surface area is 174 Å². The van der Waals surface area contributed by atoms with Crippen molar-refractivity contribution in [2.75, 3.05) is 4.90 Å². The van der Waals surface area contributed by atoms with Crippen LogP contribution in [0.15, 0.2) is 66.1 Å². The van der Waals surface area contributed by atoms with Crippen molar-refractivity contribution in [1.29, 1.82) is 0 Å². The molecule has 0 saturated heterocycles. The molecule has 0 atom stereocenters. The molecule has 1 aromatic heterocycles. The molecular weight excluding hydrogens is 384 g/mol. The van der Waals surface area contributed by atoms with Crippen LogP contribution >= 0.6 is 11.3 Å². The van der Waals surface area contributed by atoms with Gasteiger partial charge in [0.05, 0.1) is 11.4 Å². The lowest BCUT2D eigenvalue weighted by Crippen LogP contribution is -2.22. The second-order valence-electron chi connectivity index (χ2n) is 6.35. The maximum atomic E-state index is 12.2. The number of carbonyl (C=O) groups is 2. The van der Waals surface area contributed by atoms with Gasteiger partial charge in [0, 0.05) is 18.4 Å². The third-order valence-electron chi connectivity index (χ3n) is 4.22. The number of aryl methyl sites for hydroxylation is 1. The molecule has 3 aromatic rings. The first-order valence-corrected chi connectivity index (χ1v) is 10.2. The zero-order chi connectivity index (χ0) is 20.6. The zero-order valence-electron chi connectivity index (χ0n) is 16.4. The van der Waals surface area contributed by atoms with Crippen LogP contribution in [0.3, 0.4) is 0 Å². The van der Waals surface area contributed by atoms with Gasteiger partial charge in [0.25, 0.3) is 0 Å². The van der Waals surface area contributed by atoms with Crippen LogP contribution in [-0.4, -0.2) is 16.9 Å². The minimum absolute atomic E-state index is 0.0506. The van der Waals surface area contributed by atoms with E-state index in [0.29, 0.717) is 10.8 Å². The molecular formula is C23H22N2O3S. The third-order valence-corrected chi connectivity index (χ3v) is 5.10. The Morgan fingerprint density at radius 3 is 2.48 bits per heavy atom. The van der Waals surface area contributed by atoms with E-state index in [1.807, 2.05) is 54.6 Å². The van der Waals surface area contributed by atoms with Gasteiger partial charge < -0.3 is 4.74 Å². The largest absolute Gasteiger partial charge is 0.456 e. The fraction of sp³-hybridized carbons (Fsp3) is 0.174. The minimum atomic E-state index is -0.443. The molecule has 0 spiro atoms.